The molecule has 1 amide bonds. The summed E-state index contributed by atoms with van der Waals surface area (Å²) in [6.45, 7) is 4.27. The summed E-state index contributed by atoms with van der Waals surface area (Å²) in [5, 5.41) is 11.9. The summed E-state index contributed by atoms with van der Waals surface area (Å²) in [6.07, 6.45) is 3.24. The number of carbonyl (C=O) groups is 1. The minimum atomic E-state index is -0.297. The number of rotatable bonds is 4. The molecule has 2 N–H and O–H groups in total. The number of halogens is 1. The lowest BCUT2D eigenvalue weighted by atomic mass is 9.95. The Morgan fingerprint density at radius 2 is 2.31 bits per heavy atom. The molecule has 0 fully saturated rings. The Morgan fingerprint density at radius 3 is 2.88 bits per heavy atom. The van der Waals surface area contributed by atoms with Crippen LogP contribution in [0.3, 0.4) is 0 Å². The molecule has 0 aliphatic heterocycles. The maximum atomic E-state index is 11.8. The standard InChI is InChI=1S/C11H15IN2O2/c1-11(2,7-15)6-14-10(16)8-3-4-13-5-9(8)12/h3-5,15H,6-7H2,1-2H3,(H,14,16). The van der Waals surface area contributed by atoms with Crippen molar-refractivity contribution in [3.8, 4) is 0 Å². The van der Waals surface area contributed by atoms with Crippen LogP contribution in [0.5, 0.6) is 0 Å². The van der Waals surface area contributed by atoms with E-state index in [-0.39, 0.29) is 17.9 Å². The second-order valence-electron chi connectivity index (χ2n) is 4.36. The number of amides is 1. The van der Waals surface area contributed by atoms with E-state index in [0.29, 0.717) is 12.1 Å². The smallest absolute Gasteiger partial charge is 0.252 e. The zero-order valence-electron chi connectivity index (χ0n) is 9.33. The molecule has 88 valence electrons. The highest BCUT2D eigenvalue weighted by Crippen LogP contribution is 2.13. The SMILES string of the molecule is CC(C)(CO)CNC(=O)c1ccncc1I. The van der Waals surface area contributed by atoms with Gasteiger partial charge < -0.3 is 10.4 Å². The van der Waals surface area contributed by atoms with Gasteiger partial charge in [-0.1, -0.05) is 13.8 Å². The fourth-order valence-corrected chi connectivity index (χ4v) is 1.62. The molecule has 1 aromatic rings. The number of aliphatic hydroxyl groups excluding tert-OH is 1. The normalized spacial score (nSPS) is 11.2. The van der Waals surface area contributed by atoms with Crippen molar-refractivity contribution in [2.75, 3.05) is 13.2 Å². The molecule has 16 heavy (non-hydrogen) atoms. The molecule has 5 heteroatoms. The topological polar surface area (TPSA) is 62.2 Å². The molecule has 0 spiro atoms. The van der Waals surface area contributed by atoms with Crippen LogP contribution in [0.25, 0.3) is 0 Å². The molecule has 0 aliphatic carbocycles. The second-order valence-corrected chi connectivity index (χ2v) is 5.52. The number of aliphatic hydroxyl groups is 1. The van der Waals surface area contributed by atoms with E-state index in [2.05, 4.69) is 32.9 Å². The van der Waals surface area contributed by atoms with Crippen molar-refractivity contribution in [3.63, 3.8) is 0 Å². The van der Waals surface area contributed by atoms with E-state index in [1.54, 1.807) is 18.5 Å². The third-order valence-corrected chi connectivity index (χ3v) is 3.03. The lowest BCUT2D eigenvalue weighted by Gasteiger charge is -2.21. The summed E-state index contributed by atoms with van der Waals surface area (Å²) >= 11 is 2.07. The van der Waals surface area contributed by atoms with Crippen molar-refractivity contribution < 1.29 is 9.90 Å². The van der Waals surface area contributed by atoms with Gasteiger partial charge in [-0.3, -0.25) is 9.78 Å². The van der Waals surface area contributed by atoms with E-state index in [9.17, 15) is 4.79 Å². The van der Waals surface area contributed by atoms with Crippen molar-refractivity contribution >= 4 is 28.5 Å². The van der Waals surface area contributed by atoms with Gasteiger partial charge >= 0.3 is 0 Å². The monoisotopic (exact) mass is 334 g/mol. The zero-order valence-corrected chi connectivity index (χ0v) is 11.5. The molecule has 0 saturated carbocycles. The highest BCUT2D eigenvalue weighted by Gasteiger charge is 2.18. The first kappa shape index (κ1) is 13.4. The number of aromatic nitrogens is 1. The van der Waals surface area contributed by atoms with E-state index < -0.39 is 0 Å². The van der Waals surface area contributed by atoms with E-state index in [1.165, 1.54) is 0 Å². The Kier molecular flexibility index (Phi) is 4.67. The van der Waals surface area contributed by atoms with Crippen molar-refractivity contribution in [1.82, 2.24) is 10.3 Å². The van der Waals surface area contributed by atoms with Crippen molar-refractivity contribution in [3.05, 3.63) is 27.6 Å². The van der Waals surface area contributed by atoms with Gasteiger partial charge in [0.05, 0.1) is 5.56 Å². The van der Waals surface area contributed by atoms with Crippen LogP contribution in [-0.4, -0.2) is 29.1 Å². The molecule has 0 aromatic carbocycles. The number of nitrogens with one attached hydrogen (secondary N) is 1. The van der Waals surface area contributed by atoms with Crippen molar-refractivity contribution in [2.45, 2.75) is 13.8 Å². The van der Waals surface area contributed by atoms with Crippen LogP contribution < -0.4 is 5.32 Å². The van der Waals surface area contributed by atoms with Gasteiger partial charge in [-0.25, -0.2) is 0 Å². The third kappa shape index (κ3) is 3.71. The van der Waals surface area contributed by atoms with Gasteiger partial charge in [0.1, 0.15) is 0 Å². The molecular formula is C11H15IN2O2. The molecule has 0 atom stereocenters. The fraction of sp³-hybridized carbons (Fsp3) is 0.455. The fourth-order valence-electron chi connectivity index (χ4n) is 1.03. The van der Waals surface area contributed by atoms with Gasteiger partial charge in [0.25, 0.3) is 5.91 Å². The molecule has 4 nitrogen and oxygen atoms in total. The summed E-state index contributed by atoms with van der Waals surface area (Å²) in [7, 11) is 0. The van der Waals surface area contributed by atoms with Gasteiger partial charge in [-0.15, -0.1) is 0 Å². The lowest BCUT2D eigenvalue weighted by molar-refractivity contribution is 0.0910. The average molecular weight is 334 g/mol. The Morgan fingerprint density at radius 1 is 1.62 bits per heavy atom. The summed E-state index contributed by atoms with van der Waals surface area (Å²) in [6, 6.07) is 1.68. The van der Waals surface area contributed by atoms with Crippen LogP contribution in [0.2, 0.25) is 0 Å². The van der Waals surface area contributed by atoms with Gasteiger partial charge in [0.2, 0.25) is 0 Å². The predicted octanol–water partition coefficient (Wildman–Crippen LogP) is 1.43. The van der Waals surface area contributed by atoms with Crippen LogP contribution in [0.4, 0.5) is 0 Å². The first-order valence-electron chi connectivity index (χ1n) is 4.95. The summed E-state index contributed by atoms with van der Waals surface area (Å²) in [5.41, 5.74) is 0.318. The maximum Gasteiger partial charge on any atom is 0.252 e. The number of nitrogens with zero attached hydrogens (tertiary/aromatic N) is 1. The Labute approximate surface area is 109 Å². The average Bonchev–Trinajstić information content (AvgIpc) is 2.27. The Balaban J connectivity index is 2.64. The van der Waals surface area contributed by atoms with E-state index in [4.69, 9.17) is 5.11 Å². The highest BCUT2D eigenvalue weighted by molar-refractivity contribution is 14.1. The number of hydrogen-bond donors (Lipinski definition) is 2. The molecule has 0 aliphatic rings. The van der Waals surface area contributed by atoms with Gasteiger partial charge in [-0.2, -0.15) is 0 Å². The van der Waals surface area contributed by atoms with E-state index in [1.807, 2.05) is 13.8 Å². The minimum absolute atomic E-state index is 0.0424. The van der Waals surface area contributed by atoms with E-state index in [0.717, 1.165) is 3.57 Å². The van der Waals surface area contributed by atoms with Crippen LogP contribution in [-0.2, 0) is 0 Å². The van der Waals surface area contributed by atoms with Crippen LogP contribution in [0.1, 0.15) is 24.2 Å². The Bertz CT molecular complexity index is 380. The third-order valence-electron chi connectivity index (χ3n) is 2.17. The lowest BCUT2D eigenvalue weighted by Crippen LogP contribution is -2.36. The first-order valence-corrected chi connectivity index (χ1v) is 6.03. The maximum absolute atomic E-state index is 11.8. The number of carbonyl (C=O) groups excluding carboxylic acids is 1. The zero-order chi connectivity index (χ0) is 12.2. The van der Waals surface area contributed by atoms with E-state index >= 15 is 0 Å². The molecule has 0 unspecified atom stereocenters. The molecular weight excluding hydrogens is 319 g/mol. The molecule has 1 aromatic heterocycles. The second kappa shape index (κ2) is 5.58. The van der Waals surface area contributed by atoms with Gasteiger partial charge in [-0.05, 0) is 28.7 Å². The van der Waals surface area contributed by atoms with Crippen LogP contribution >= 0.6 is 22.6 Å². The first-order chi connectivity index (χ1) is 7.46. The van der Waals surface area contributed by atoms with Crippen molar-refractivity contribution in [1.29, 1.82) is 0 Å². The van der Waals surface area contributed by atoms with Crippen LogP contribution in [0.15, 0.2) is 18.5 Å². The highest BCUT2D eigenvalue weighted by atomic mass is 127. The summed E-state index contributed by atoms with van der Waals surface area (Å²) in [5.74, 6) is -0.131. The quantitative estimate of drug-likeness (QED) is 0.819. The molecule has 1 heterocycles. The molecule has 0 saturated heterocycles. The minimum Gasteiger partial charge on any atom is -0.396 e. The largest absolute Gasteiger partial charge is 0.396 e. The molecule has 1 rings (SSSR count). The molecule has 0 radical (unpaired) electrons. The van der Waals surface area contributed by atoms with Gasteiger partial charge in [0, 0.05) is 34.5 Å². The number of pyridine rings is 1. The predicted molar refractivity (Wildman–Crippen MR) is 70.2 cm³/mol. The summed E-state index contributed by atoms with van der Waals surface area (Å²) in [4.78, 5) is 15.7. The van der Waals surface area contributed by atoms with Gasteiger partial charge in [0.15, 0.2) is 0 Å². The van der Waals surface area contributed by atoms with Crippen molar-refractivity contribution in [2.24, 2.45) is 5.41 Å². The Hall–Kier alpha value is -0.690. The molecule has 0 bridgehead atoms. The summed E-state index contributed by atoms with van der Waals surface area (Å²) < 4.78 is 0.819. The number of hydrogen-bond acceptors (Lipinski definition) is 3. The van der Waals surface area contributed by atoms with Crippen LogP contribution in [0, 0.1) is 8.99 Å².